The van der Waals surface area contributed by atoms with Crippen LogP contribution in [-0.4, -0.2) is 22.3 Å². The first kappa shape index (κ1) is 11.8. The van der Waals surface area contributed by atoms with E-state index in [0.29, 0.717) is 11.6 Å². The molecule has 4 heteroatoms. The van der Waals surface area contributed by atoms with Crippen LogP contribution < -0.4 is 0 Å². The second-order valence-electron chi connectivity index (χ2n) is 4.21. The Morgan fingerprint density at radius 3 is 2.81 bits per heavy atom. The van der Waals surface area contributed by atoms with Crippen molar-refractivity contribution in [2.24, 2.45) is 0 Å². The summed E-state index contributed by atoms with van der Waals surface area (Å²) in [6.07, 6.45) is 7.02. The lowest BCUT2D eigenvalue weighted by molar-refractivity contribution is -0.0118. The van der Waals surface area contributed by atoms with Crippen molar-refractivity contribution in [2.75, 3.05) is 0 Å². The number of halogens is 1. The third kappa shape index (κ3) is 3.17. The Balaban J connectivity index is 1.81. The van der Waals surface area contributed by atoms with Gasteiger partial charge in [-0.05, 0) is 37.3 Å². The molecule has 2 rings (SSSR count). The number of aliphatic hydroxyl groups excluding tert-OH is 1. The molecule has 1 aliphatic carbocycles. The smallest absolute Gasteiger partial charge is 0.0736 e. The Bertz CT molecular complexity index is 338. The fourth-order valence-corrected chi connectivity index (χ4v) is 2.11. The van der Waals surface area contributed by atoms with E-state index in [1.54, 1.807) is 12.4 Å². The van der Waals surface area contributed by atoms with E-state index in [1.807, 2.05) is 6.07 Å². The lowest BCUT2D eigenvalue weighted by Crippen LogP contribution is -2.24. The summed E-state index contributed by atoms with van der Waals surface area (Å²) >= 11 is 5.98. The zero-order valence-electron chi connectivity index (χ0n) is 9.10. The van der Waals surface area contributed by atoms with Gasteiger partial charge in [0.2, 0.25) is 0 Å². The lowest BCUT2D eigenvalue weighted by Gasteiger charge is -2.25. The molecule has 1 fully saturated rings. The fraction of sp³-hybridized carbons (Fsp3) is 0.583. The third-order valence-electron chi connectivity index (χ3n) is 2.97. The molecule has 0 unspecified atom stereocenters. The highest BCUT2D eigenvalue weighted by Gasteiger charge is 2.19. The van der Waals surface area contributed by atoms with Crippen LogP contribution in [-0.2, 0) is 11.3 Å². The van der Waals surface area contributed by atoms with Crippen LogP contribution in [0.1, 0.15) is 31.2 Å². The Morgan fingerprint density at radius 2 is 2.12 bits per heavy atom. The van der Waals surface area contributed by atoms with E-state index in [9.17, 15) is 5.11 Å². The van der Waals surface area contributed by atoms with Crippen molar-refractivity contribution in [1.82, 2.24) is 4.98 Å². The van der Waals surface area contributed by atoms with E-state index >= 15 is 0 Å². The van der Waals surface area contributed by atoms with Crippen molar-refractivity contribution in [3.63, 3.8) is 0 Å². The van der Waals surface area contributed by atoms with Crippen LogP contribution >= 0.6 is 11.6 Å². The average molecular weight is 242 g/mol. The summed E-state index contributed by atoms with van der Waals surface area (Å²) in [5, 5.41) is 10.0. The molecule has 1 aromatic heterocycles. The van der Waals surface area contributed by atoms with Gasteiger partial charge in [-0.3, -0.25) is 4.98 Å². The maximum atomic E-state index is 9.37. The molecule has 0 bridgehead atoms. The van der Waals surface area contributed by atoms with Crippen LogP contribution in [0.2, 0.25) is 5.02 Å². The van der Waals surface area contributed by atoms with Crippen molar-refractivity contribution in [1.29, 1.82) is 0 Å². The van der Waals surface area contributed by atoms with E-state index in [2.05, 4.69) is 4.98 Å². The number of hydrogen-bond donors (Lipinski definition) is 1. The Hall–Kier alpha value is -0.640. The van der Waals surface area contributed by atoms with E-state index in [-0.39, 0.29) is 12.2 Å². The summed E-state index contributed by atoms with van der Waals surface area (Å²) in [4.78, 5) is 3.93. The molecule has 0 aromatic carbocycles. The van der Waals surface area contributed by atoms with Crippen LogP contribution in [0.5, 0.6) is 0 Å². The van der Waals surface area contributed by atoms with Gasteiger partial charge in [0.25, 0.3) is 0 Å². The molecule has 3 nitrogen and oxygen atoms in total. The normalized spacial score (nSPS) is 25.6. The summed E-state index contributed by atoms with van der Waals surface area (Å²) < 4.78 is 5.77. The van der Waals surface area contributed by atoms with Crippen LogP contribution in [0.4, 0.5) is 0 Å². The quantitative estimate of drug-likeness (QED) is 0.885. The summed E-state index contributed by atoms with van der Waals surface area (Å²) in [5.41, 5.74) is 0.975. The topological polar surface area (TPSA) is 42.4 Å². The highest BCUT2D eigenvalue weighted by Crippen LogP contribution is 2.23. The first-order valence-electron chi connectivity index (χ1n) is 5.64. The first-order chi connectivity index (χ1) is 7.75. The monoisotopic (exact) mass is 241 g/mol. The highest BCUT2D eigenvalue weighted by molar-refractivity contribution is 6.31. The van der Waals surface area contributed by atoms with E-state index in [0.717, 1.165) is 31.2 Å². The van der Waals surface area contributed by atoms with Crippen molar-refractivity contribution in [3.8, 4) is 0 Å². The molecule has 0 spiro atoms. The molecule has 1 aliphatic rings. The van der Waals surface area contributed by atoms with Gasteiger partial charge >= 0.3 is 0 Å². The van der Waals surface area contributed by atoms with Gasteiger partial charge in [-0.2, -0.15) is 0 Å². The second kappa shape index (κ2) is 5.62. The average Bonchev–Trinajstić information content (AvgIpc) is 2.30. The number of hydrogen-bond acceptors (Lipinski definition) is 3. The second-order valence-corrected chi connectivity index (χ2v) is 4.62. The van der Waals surface area contributed by atoms with Crippen molar-refractivity contribution >= 4 is 11.6 Å². The SMILES string of the molecule is OC1CCC(OCc2ccncc2Cl)CC1. The van der Waals surface area contributed by atoms with E-state index in [1.165, 1.54) is 0 Å². The van der Waals surface area contributed by atoms with Crippen LogP contribution in [0.25, 0.3) is 0 Å². The number of aliphatic hydroxyl groups is 1. The largest absolute Gasteiger partial charge is 0.393 e. The number of nitrogens with zero attached hydrogens (tertiary/aromatic N) is 1. The number of ether oxygens (including phenoxy) is 1. The molecular formula is C12H16ClNO2. The fourth-order valence-electron chi connectivity index (χ4n) is 1.94. The summed E-state index contributed by atoms with van der Waals surface area (Å²) in [5.74, 6) is 0. The van der Waals surface area contributed by atoms with Gasteiger partial charge in [-0.1, -0.05) is 11.6 Å². The molecule has 1 aromatic rings. The summed E-state index contributed by atoms with van der Waals surface area (Å²) in [6.45, 7) is 0.530. The molecular weight excluding hydrogens is 226 g/mol. The molecule has 0 aliphatic heterocycles. The number of aromatic nitrogens is 1. The molecule has 16 heavy (non-hydrogen) atoms. The Morgan fingerprint density at radius 1 is 1.38 bits per heavy atom. The Labute approximate surface area is 100 Å². The summed E-state index contributed by atoms with van der Waals surface area (Å²) in [7, 11) is 0. The highest BCUT2D eigenvalue weighted by atomic mass is 35.5. The minimum Gasteiger partial charge on any atom is -0.393 e. The lowest BCUT2D eigenvalue weighted by atomic mass is 9.95. The standard InChI is InChI=1S/C12H16ClNO2/c13-12-7-14-6-5-9(12)8-16-11-3-1-10(15)2-4-11/h5-7,10-11,15H,1-4,8H2. The van der Waals surface area contributed by atoms with Crippen molar-refractivity contribution in [3.05, 3.63) is 29.0 Å². The predicted octanol–water partition coefficient (Wildman–Crippen LogP) is 2.56. The molecule has 1 saturated carbocycles. The van der Waals surface area contributed by atoms with Gasteiger partial charge in [0.15, 0.2) is 0 Å². The Kier molecular flexibility index (Phi) is 4.16. The maximum Gasteiger partial charge on any atom is 0.0736 e. The number of rotatable bonds is 3. The zero-order valence-corrected chi connectivity index (χ0v) is 9.86. The number of pyridine rings is 1. The molecule has 0 radical (unpaired) electrons. The van der Waals surface area contributed by atoms with Crippen LogP contribution in [0, 0.1) is 0 Å². The molecule has 0 atom stereocenters. The molecule has 88 valence electrons. The zero-order chi connectivity index (χ0) is 11.4. The van der Waals surface area contributed by atoms with Gasteiger partial charge in [-0.15, -0.1) is 0 Å². The van der Waals surface area contributed by atoms with Gasteiger partial charge in [-0.25, -0.2) is 0 Å². The minimum absolute atomic E-state index is 0.135. The molecule has 0 amide bonds. The van der Waals surface area contributed by atoms with E-state index in [4.69, 9.17) is 16.3 Å². The van der Waals surface area contributed by atoms with Crippen LogP contribution in [0.3, 0.4) is 0 Å². The molecule has 1 heterocycles. The predicted molar refractivity (Wildman–Crippen MR) is 62.3 cm³/mol. The van der Waals surface area contributed by atoms with Gasteiger partial charge < -0.3 is 9.84 Å². The van der Waals surface area contributed by atoms with Crippen molar-refractivity contribution < 1.29 is 9.84 Å². The van der Waals surface area contributed by atoms with Gasteiger partial charge in [0, 0.05) is 12.4 Å². The molecule has 1 N–H and O–H groups in total. The minimum atomic E-state index is -0.135. The van der Waals surface area contributed by atoms with Crippen LogP contribution in [0.15, 0.2) is 18.5 Å². The third-order valence-corrected chi connectivity index (χ3v) is 3.32. The van der Waals surface area contributed by atoms with E-state index < -0.39 is 0 Å². The maximum absolute atomic E-state index is 9.37. The molecule has 0 saturated heterocycles. The first-order valence-corrected chi connectivity index (χ1v) is 6.01. The van der Waals surface area contributed by atoms with Crippen molar-refractivity contribution in [2.45, 2.75) is 44.5 Å². The van der Waals surface area contributed by atoms with Gasteiger partial charge in [0.05, 0.1) is 23.8 Å². The van der Waals surface area contributed by atoms with Gasteiger partial charge in [0.1, 0.15) is 0 Å². The summed E-state index contributed by atoms with van der Waals surface area (Å²) in [6, 6.07) is 1.88.